The largest absolute Gasteiger partial charge is 0.303 e. The molecule has 1 atom stereocenters. The van der Waals surface area contributed by atoms with Crippen molar-refractivity contribution in [2.24, 2.45) is 5.41 Å². The third-order valence-electron chi connectivity index (χ3n) is 3.35. The summed E-state index contributed by atoms with van der Waals surface area (Å²) in [6.45, 7) is 3.74. The second-order valence-electron chi connectivity index (χ2n) is 4.42. The average molecular weight is 200 g/mol. The maximum atomic E-state index is 11.2. The Kier molecular flexibility index (Phi) is 2.72. The highest BCUT2D eigenvalue weighted by atomic mass is 16.1. The Morgan fingerprint density at radius 2 is 2.07 bits per heavy atom. The maximum absolute atomic E-state index is 11.2. The molecule has 0 spiro atoms. The first kappa shape index (κ1) is 10.2. The summed E-state index contributed by atoms with van der Waals surface area (Å²) in [6, 6.07) is 8.42. The molecule has 0 heterocycles. The highest BCUT2D eigenvalue weighted by Crippen LogP contribution is 2.36. The van der Waals surface area contributed by atoms with Gasteiger partial charge in [-0.1, -0.05) is 30.3 Å². The number of aldehydes is 1. The van der Waals surface area contributed by atoms with Crippen LogP contribution in [0.5, 0.6) is 0 Å². The van der Waals surface area contributed by atoms with Crippen LogP contribution in [0.1, 0.15) is 24.0 Å². The highest BCUT2D eigenvalue weighted by Gasteiger charge is 2.32. The molecule has 0 saturated heterocycles. The molecule has 1 aliphatic carbocycles. The summed E-state index contributed by atoms with van der Waals surface area (Å²) < 4.78 is 0. The molecule has 1 aromatic rings. The van der Waals surface area contributed by atoms with E-state index in [0.717, 1.165) is 32.0 Å². The molecule has 78 valence electrons. The Morgan fingerprint density at radius 3 is 2.73 bits per heavy atom. The number of hydrogen-bond donors (Lipinski definition) is 0. The molecule has 0 aromatic heterocycles. The van der Waals surface area contributed by atoms with Gasteiger partial charge in [-0.25, -0.2) is 0 Å². The molecule has 0 radical (unpaired) electrons. The molecule has 0 saturated carbocycles. The van der Waals surface area contributed by atoms with E-state index in [-0.39, 0.29) is 5.41 Å². The lowest BCUT2D eigenvalue weighted by atomic mass is 9.70. The van der Waals surface area contributed by atoms with Crippen LogP contribution >= 0.6 is 0 Å². The Balaban J connectivity index is 2.30. The second-order valence-corrected chi connectivity index (χ2v) is 4.42. The van der Waals surface area contributed by atoms with Crippen LogP contribution in [0.2, 0.25) is 0 Å². The van der Waals surface area contributed by atoms with Crippen molar-refractivity contribution in [1.82, 2.24) is 0 Å². The van der Waals surface area contributed by atoms with Gasteiger partial charge in [-0.15, -0.1) is 6.58 Å². The van der Waals surface area contributed by atoms with Crippen LogP contribution in [0.25, 0.3) is 0 Å². The number of aryl methyl sites for hydroxylation is 1. The van der Waals surface area contributed by atoms with E-state index < -0.39 is 0 Å². The number of benzene rings is 1. The molecule has 0 aliphatic heterocycles. The van der Waals surface area contributed by atoms with Crippen LogP contribution in [-0.2, 0) is 17.6 Å². The minimum atomic E-state index is -0.184. The lowest BCUT2D eigenvalue weighted by Crippen LogP contribution is -2.29. The standard InChI is InChI=1S/C14H16O/c1-2-8-14(11-15)9-7-12-5-3-4-6-13(12)10-14/h2-6,11H,1,7-10H2. The van der Waals surface area contributed by atoms with Gasteiger partial charge in [0.2, 0.25) is 0 Å². The Morgan fingerprint density at radius 1 is 1.33 bits per heavy atom. The van der Waals surface area contributed by atoms with Crippen LogP contribution in [-0.4, -0.2) is 6.29 Å². The Labute approximate surface area is 90.8 Å². The molecular weight excluding hydrogens is 184 g/mol. The van der Waals surface area contributed by atoms with Crippen molar-refractivity contribution in [1.29, 1.82) is 0 Å². The molecule has 15 heavy (non-hydrogen) atoms. The molecule has 0 N–H and O–H groups in total. The van der Waals surface area contributed by atoms with Crippen LogP contribution < -0.4 is 0 Å². The lowest BCUT2D eigenvalue weighted by molar-refractivity contribution is -0.116. The SMILES string of the molecule is C=CCC1(C=O)CCc2ccccc2C1. The van der Waals surface area contributed by atoms with Gasteiger partial charge in [0, 0.05) is 5.41 Å². The monoisotopic (exact) mass is 200 g/mol. The number of rotatable bonds is 3. The normalized spacial score (nSPS) is 24.3. The van der Waals surface area contributed by atoms with Crippen molar-refractivity contribution in [3.63, 3.8) is 0 Å². The molecule has 1 aromatic carbocycles. The van der Waals surface area contributed by atoms with Crippen molar-refractivity contribution in [3.05, 3.63) is 48.0 Å². The van der Waals surface area contributed by atoms with Crippen molar-refractivity contribution in [2.75, 3.05) is 0 Å². The van der Waals surface area contributed by atoms with E-state index >= 15 is 0 Å². The van der Waals surface area contributed by atoms with Crippen molar-refractivity contribution >= 4 is 6.29 Å². The fourth-order valence-corrected chi connectivity index (χ4v) is 2.44. The van der Waals surface area contributed by atoms with Gasteiger partial charge in [0.15, 0.2) is 0 Å². The van der Waals surface area contributed by atoms with Gasteiger partial charge >= 0.3 is 0 Å². The fraction of sp³-hybridized carbons (Fsp3) is 0.357. The van der Waals surface area contributed by atoms with Gasteiger partial charge in [0.05, 0.1) is 0 Å². The van der Waals surface area contributed by atoms with E-state index in [4.69, 9.17) is 0 Å². The average Bonchev–Trinajstić information content (AvgIpc) is 2.29. The third kappa shape index (κ3) is 1.87. The first-order valence-electron chi connectivity index (χ1n) is 5.44. The minimum absolute atomic E-state index is 0.184. The van der Waals surface area contributed by atoms with Crippen LogP contribution in [0.15, 0.2) is 36.9 Å². The first-order valence-corrected chi connectivity index (χ1v) is 5.44. The number of fused-ring (bicyclic) bond motifs is 1. The highest BCUT2D eigenvalue weighted by molar-refractivity contribution is 5.62. The summed E-state index contributed by atoms with van der Waals surface area (Å²) in [4.78, 5) is 11.2. The number of carbonyl (C=O) groups is 1. The van der Waals surface area contributed by atoms with E-state index in [1.807, 2.05) is 12.1 Å². The van der Waals surface area contributed by atoms with E-state index in [0.29, 0.717) is 0 Å². The summed E-state index contributed by atoms with van der Waals surface area (Å²) in [6.07, 6.45) is 6.64. The topological polar surface area (TPSA) is 17.1 Å². The number of carbonyl (C=O) groups excluding carboxylic acids is 1. The van der Waals surface area contributed by atoms with Crippen LogP contribution in [0, 0.1) is 5.41 Å². The van der Waals surface area contributed by atoms with Crippen molar-refractivity contribution in [3.8, 4) is 0 Å². The van der Waals surface area contributed by atoms with E-state index in [1.165, 1.54) is 11.1 Å². The summed E-state index contributed by atoms with van der Waals surface area (Å²) in [5.41, 5.74) is 2.55. The van der Waals surface area contributed by atoms with E-state index in [9.17, 15) is 4.79 Å². The number of allylic oxidation sites excluding steroid dienone is 1. The summed E-state index contributed by atoms with van der Waals surface area (Å²) in [5.74, 6) is 0. The second kappa shape index (κ2) is 4.01. The van der Waals surface area contributed by atoms with Gasteiger partial charge in [0.25, 0.3) is 0 Å². The molecule has 1 aliphatic rings. The third-order valence-corrected chi connectivity index (χ3v) is 3.35. The van der Waals surface area contributed by atoms with Crippen LogP contribution in [0.3, 0.4) is 0 Å². The molecule has 0 fully saturated rings. The summed E-state index contributed by atoms with van der Waals surface area (Å²) in [5, 5.41) is 0. The molecule has 0 bridgehead atoms. The quantitative estimate of drug-likeness (QED) is 0.541. The molecule has 1 nitrogen and oxygen atoms in total. The Hall–Kier alpha value is -1.37. The molecule has 2 rings (SSSR count). The first-order chi connectivity index (χ1) is 7.29. The van der Waals surface area contributed by atoms with Gasteiger partial charge < -0.3 is 4.79 Å². The van der Waals surface area contributed by atoms with Crippen molar-refractivity contribution < 1.29 is 4.79 Å². The summed E-state index contributed by atoms with van der Waals surface area (Å²) >= 11 is 0. The maximum Gasteiger partial charge on any atom is 0.126 e. The predicted molar refractivity (Wildman–Crippen MR) is 61.8 cm³/mol. The van der Waals surface area contributed by atoms with E-state index in [2.05, 4.69) is 24.8 Å². The van der Waals surface area contributed by atoms with E-state index in [1.54, 1.807) is 0 Å². The molecule has 1 unspecified atom stereocenters. The lowest BCUT2D eigenvalue weighted by Gasteiger charge is -2.32. The van der Waals surface area contributed by atoms with Gasteiger partial charge in [-0.3, -0.25) is 0 Å². The van der Waals surface area contributed by atoms with Gasteiger partial charge in [-0.2, -0.15) is 0 Å². The smallest absolute Gasteiger partial charge is 0.126 e. The predicted octanol–water partition coefficient (Wildman–Crippen LogP) is 2.94. The fourth-order valence-electron chi connectivity index (χ4n) is 2.44. The van der Waals surface area contributed by atoms with Gasteiger partial charge in [-0.05, 0) is 36.8 Å². The van der Waals surface area contributed by atoms with Crippen molar-refractivity contribution in [2.45, 2.75) is 25.7 Å². The van der Waals surface area contributed by atoms with Gasteiger partial charge in [0.1, 0.15) is 6.29 Å². The molecule has 1 heteroatoms. The zero-order valence-electron chi connectivity index (χ0n) is 8.91. The Bertz CT molecular complexity index is 381. The zero-order chi connectivity index (χ0) is 10.7. The van der Waals surface area contributed by atoms with Crippen LogP contribution in [0.4, 0.5) is 0 Å². The summed E-state index contributed by atoms with van der Waals surface area (Å²) in [7, 11) is 0. The zero-order valence-corrected chi connectivity index (χ0v) is 8.91. The molecular formula is C14H16O. The minimum Gasteiger partial charge on any atom is -0.303 e. The number of hydrogen-bond acceptors (Lipinski definition) is 1. The molecule has 0 amide bonds.